The number of aryl methyl sites for hydroxylation is 1. The molecule has 5 nitrogen and oxygen atoms in total. The lowest BCUT2D eigenvalue weighted by molar-refractivity contribution is 0.573. The fourth-order valence-electron chi connectivity index (χ4n) is 0.810. The summed E-state index contributed by atoms with van der Waals surface area (Å²) in [4.78, 5) is 7.47. The van der Waals surface area contributed by atoms with Gasteiger partial charge in [0, 0.05) is 18.4 Å². The number of rotatable bonds is 3. The predicted molar refractivity (Wildman–Crippen MR) is 47.6 cm³/mol. The van der Waals surface area contributed by atoms with Crippen LogP contribution in [-0.4, -0.2) is 24.9 Å². The molecule has 6 heteroatoms. The minimum atomic E-state index is -3.51. The van der Waals surface area contributed by atoms with Crippen molar-refractivity contribution in [3.8, 4) is 0 Å². The van der Waals surface area contributed by atoms with Crippen LogP contribution in [0.2, 0.25) is 0 Å². The van der Waals surface area contributed by atoms with Gasteiger partial charge >= 0.3 is 0 Å². The highest BCUT2D eigenvalue weighted by molar-refractivity contribution is 7.89. The Morgan fingerprint density at radius 3 is 2.77 bits per heavy atom. The summed E-state index contributed by atoms with van der Waals surface area (Å²) in [7, 11) is -3.51. The summed E-state index contributed by atoms with van der Waals surface area (Å²) in [5, 5.41) is -0.172. The number of nitrogens with zero attached hydrogens (tertiary/aromatic N) is 2. The maximum Gasteiger partial charge on any atom is 0.276 e. The molecular weight excluding hydrogens is 190 g/mol. The molecule has 1 N–H and O–H groups in total. The molecule has 1 aromatic heterocycles. The first kappa shape index (κ1) is 10.1. The molecule has 1 heterocycles. The van der Waals surface area contributed by atoms with Gasteiger partial charge in [0.05, 0.1) is 0 Å². The summed E-state index contributed by atoms with van der Waals surface area (Å²) < 4.78 is 25.0. The van der Waals surface area contributed by atoms with E-state index in [1.165, 1.54) is 6.20 Å². The quantitative estimate of drug-likeness (QED) is 0.703. The highest BCUT2D eigenvalue weighted by Gasteiger charge is 2.15. The van der Waals surface area contributed by atoms with Gasteiger partial charge in [0.1, 0.15) is 0 Å². The van der Waals surface area contributed by atoms with Crippen molar-refractivity contribution in [3.05, 3.63) is 18.0 Å². The zero-order valence-electron chi connectivity index (χ0n) is 7.48. The summed E-state index contributed by atoms with van der Waals surface area (Å²) in [5.74, 6) is 0. The number of aromatic nitrogens is 2. The van der Waals surface area contributed by atoms with Crippen molar-refractivity contribution in [1.82, 2.24) is 14.7 Å². The zero-order chi connectivity index (χ0) is 9.90. The van der Waals surface area contributed by atoms with Gasteiger partial charge in [-0.1, -0.05) is 6.92 Å². The molecule has 0 amide bonds. The van der Waals surface area contributed by atoms with E-state index in [0.717, 1.165) is 0 Å². The van der Waals surface area contributed by atoms with Gasteiger partial charge in [-0.15, -0.1) is 0 Å². The predicted octanol–water partition coefficient (Wildman–Crippen LogP) is 0.0832. The minimum absolute atomic E-state index is 0.172. The molecular formula is C7H11N3O2S. The van der Waals surface area contributed by atoms with Gasteiger partial charge in [-0.25, -0.2) is 23.1 Å². The third-order valence-corrected chi connectivity index (χ3v) is 2.69. The van der Waals surface area contributed by atoms with Crippen molar-refractivity contribution in [3.63, 3.8) is 0 Å². The van der Waals surface area contributed by atoms with Crippen molar-refractivity contribution in [2.24, 2.45) is 0 Å². The van der Waals surface area contributed by atoms with E-state index in [4.69, 9.17) is 0 Å². The Morgan fingerprint density at radius 2 is 2.23 bits per heavy atom. The van der Waals surface area contributed by atoms with Gasteiger partial charge in [0.25, 0.3) is 15.2 Å². The van der Waals surface area contributed by atoms with Crippen LogP contribution in [0.25, 0.3) is 0 Å². The first-order valence-corrected chi connectivity index (χ1v) is 5.34. The second-order valence-corrected chi connectivity index (χ2v) is 4.14. The summed E-state index contributed by atoms with van der Waals surface area (Å²) in [6.07, 6.45) is 1.42. The second-order valence-electron chi connectivity index (χ2n) is 2.48. The van der Waals surface area contributed by atoms with Crippen LogP contribution >= 0.6 is 0 Å². The van der Waals surface area contributed by atoms with Crippen LogP contribution in [-0.2, 0) is 10.0 Å². The minimum Gasteiger partial charge on any atom is -0.226 e. The standard InChI is InChI=1S/C7H11N3O2S/c1-3-9-13(11,12)7-8-5-4-6(2)10-7/h4-5,9H,3H2,1-2H3. The maximum absolute atomic E-state index is 11.3. The Morgan fingerprint density at radius 1 is 1.54 bits per heavy atom. The van der Waals surface area contributed by atoms with Crippen molar-refractivity contribution in [1.29, 1.82) is 0 Å². The number of sulfonamides is 1. The molecule has 0 atom stereocenters. The molecule has 0 unspecified atom stereocenters. The molecule has 0 fully saturated rings. The van der Waals surface area contributed by atoms with E-state index in [1.807, 2.05) is 0 Å². The first-order chi connectivity index (χ1) is 6.06. The van der Waals surface area contributed by atoms with E-state index >= 15 is 0 Å². The number of nitrogens with one attached hydrogen (secondary N) is 1. The molecule has 1 aromatic rings. The fraction of sp³-hybridized carbons (Fsp3) is 0.429. The highest BCUT2D eigenvalue weighted by Crippen LogP contribution is 2.00. The average molecular weight is 201 g/mol. The van der Waals surface area contributed by atoms with Crippen LogP contribution in [0.5, 0.6) is 0 Å². The van der Waals surface area contributed by atoms with Crippen LogP contribution in [0.3, 0.4) is 0 Å². The SMILES string of the molecule is CCNS(=O)(=O)c1nccc(C)n1. The van der Waals surface area contributed by atoms with Crippen LogP contribution in [0.15, 0.2) is 17.4 Å². The summed E-state index contributed by atoms with van der Waals surface area (Å²) in [6.45, 7) is 3.75. The Balaban J connectivity index is 3.08. The average Bonchev–Trinajstić information content (AvgIpc) is 2.04. The lowest BCUT2D eigenvalue weighted by Gasteiger charge is -2.02. The Kier molecular flexibility index (Phi) is 2.94. The van der Waals surface area contributed by atoms with Crippen molar-refractivity contribution in [2.45, 2.75) is 19.0 Å². The van der Waals surface area contributed by atoms with Crippen molar-refractivity contribution < 1.29 is 8.42 Å². The monoisotopic (exact) mass is 201 g/mol. The molecule has 0 aromatic carbocycles. The molecule has 0 bridgehead atoms. The lowest BCUT2D eigenvalue weighted by Crippen LogP contribution is -2.25. The molecule has 0 saturated heterocycles. The molecule has 0 aliphatic carbocycles. The molecule has 0 aliphatic rings. The molecule has 0 radical (unpaired) electrons. The summed E-state index contributed by atoms with van der Waals surface area (Å²) >= 11 is 0. The Bertz CT molecular complexity index is 388. The van der Waals surface area contributed by atoms with Gasteiger partial charge in [-0.05, 0) is 13.0 Å². The fourth-order valence-corrected chi connectivity index (χ4v) is 1.78. The Labute approximate surface area is 77.3 Å². The van der Waals surface area contributed by atoms with Crippen molar-refractivity contribution >= 4 is 10.0 Å². The highest BCUT2D eigenvalue weighted by atomic mass is 32.2. The van der Waals surface area contributed by atoms with Gasteiger partial charge in [0.2, 0.25) is 0 Å². The lowest BCUT2D eigenvalue weighted by atomic mass is 10.5. The van der Waals surface area contributed by atoms with E-state index in [-0.39, 0.29) is 5.16 Å². The van der Waals surface area contributed by atoms with Crippen LogP contribution < -0.4 is 4.72 Å². The van der Waals surface area contributed by atoms with E-state index in [2.05, 4.69) is 14.7 Å². The molecule has 0 saturated carbocycles. The number of hydrogen-bond acceptors (Lipinski definition) is 4. The third-order valence-electron chi connectivity index (χ3n) is 1.35. The van der Waals surface area contributed by atoms with Gasteiger partial charge in [-0.2, -0.15) is 0 Å². The molecule has 0 spiro atoms. The molecule has 72 valence electrons. The van der Waals surface area contributed by atoms with Crippen LogP contribution in [0.4, 0.5) is 0 Å². The normalized spacial score (nSPS) is 11.5. The number of hydrogen-bond donors (Lipinski definition) is 1. The molecule has 13 heavy (non-hydrogen) atoms. The Hall–Kier alpha value is -1.01. The summed E-state index contributed by atoms with van der Waals surface area (Å²) in [5.41, 5.74) is 0.631. The van der Waals surface area contributed by atoms with Crippen LogP contribution in [0, 0.1) is 6.92 Å². The zero-order valence-corrected chi connectivity index (χ0v) is 8.30. The molecule has 0 aliphatic heterocycles. The maximum atomic E-state index is 11.3. The van der Waals surface area contributed by atoms with Crippen molar-refractivity contribution in [2.75, 3.05) is 6.54 Å². The van der Waals surface area contributed by atoms with E-state index < -0.39 is 10.0 Å². The van der Waals surface area contributed by atoms with Gasteiger partial charge < -0.3 is 0 Å². The van der Waals surface area contributed by atoms with E-state index in [0.29, 0.717) is 12.2 Å². The summed E-state index contributed by atoms with van der Waals surface area (Å²) in [6, 6.07) is 1.64. The second kappa shape index (κ2) is 3.80. The van der Waals surface area contributed by atoms with E-state index in [1.54, 1.807) is 19.9 Å². The largest absolute Gasteiger partial charge is 0.276 e. The molecule has 1 rings (SSSR count). The smallest absolute Gasteiger partial charge is 0.226 e. The van der Waals surface area contributed by atoms with E-state index in [9.17, 15) is 8.42 Å². The van der Waals surface area contributed by atoms with Gasteiger partial charge in [0.15, 0.2) is 0 Å². The van der Waals surface area contributed by atoms with Gasteiger partial charge in [-0.3, -0.25) is 0 Å². The third kappa shape index (κ3) is 2.46. The topological polar surface area (TPSA) is 72.0 Å². The first-order valence-electron chi connectivity index (χ1n) is 3.85. The van der Waals surface area contributed by atoms with Crippen LogP contribution in [0.1, 0.15) is 12.6 Å².